The number of rotatable bonds is 5. The fourth-order valence-electron chi connectivity index (χ4n) is 2.05. The highest BCUT2D eigenvalue weighted by Gasteiger charge is 2.23. The first-order chi connectivity index (χ1) is 9.44. The summed E-state index contributed by atoms with van der Waals surface area (Å²) >= 11 is 0. The average Bonchev–Trinajstić information content (AvgIpc) is 2.84. The molecule has 0 aliphatic rings. The minimum absolute atomic E-state index is 0.197. The van der Waals surface area contributed by atoms with Gasteiger partial charge in [0, 0.05) is 6.04 Å². The van der Waals surface area contributed by atoms with Crippen LogP contribution in [0.15, 0.2) is 35.4 Å². The van der Waals surface area contributed by atoms with E-state index in [1.807, 2.05) is 38.1 Å². The van der Waals surface area contributed by atoms with Crippen LogP contribution in [0.3, 0.4) is 0 Å². The van der Waals surface area contributed by atoms with Gasteiger partial charge in [0.25, 0.3) is 0 Å². The van der Waals surface area contributed by atoms with Crippen molar-refractivity contribution in [2.75, 3.05) is 0 Å². The van der Waals surface area contributed by atoms with Gasteiger partial charge in [0.2, 0.25) is 10.0 Å². The maximum Gasteiger partial charge on any atom is 0.244 e. The fraction of sp³-hybridized carbons (Fsp3) is 0.357. The van der Waals surface area contributed by atoms with E-state index in [0.717, 1.165) is 11.1 Å². The maximum absolute atomic E-state index is 12.4. The summed E-state index contributed by atoms with van der Waals surface area (Å²) in [6.07, 6.45) is 2.01. The molecule has 0 radical (unpaired) electrons. The first-order valence-corrected chi connectivity index (χ1v) is 8.01. The van der Waals surface area contributed by atoms with Gasteiger partial charge >= 0.3 is 0 Å². The normalized spacial score (nSPS) is 13.3. The first-order valence-electron chi connectivity index (χ1n) is 6.53. The van der Waals surface area contributed by atoms with Crippen molar-refractivity contribution in [3.8, 4) is 0 Å². The highest BCUT2D eigenvalue weighted by molar-refractivity contribution is 7.89. The third kappa shape index (κ3) is 3.08. The van der Waals surface area contributed by atoms with E-state index in [0.29, 0.717) is 12.1 Å². The molecule has 0 spiro atoms. The Hall–Kier alpha value is -1.66. The van der Waals surface area contributed by atoms with Gasteiger partial charge in [0.15, 0.2) is 0 Å². The third-order valence-electron chi connectivity index (χ3n) is 3.26. The number of hydrogen-bond donors (Lipinski definition) is 2. The molecule has 0 aliphatic heterocycles. The largest absolute Gasteiger partial charge is 0.281 e. The summed E-state index contributed by atoms with van der Waals surface area (Å²) in [5.41, 5.74) is 2.65. The van der Waals surface area contributed by atoms with E-state index in [-0.39, 0.29) is 10.9 Å². The number of nitrogens with one attached hydrogen (secondary N) is 2. The number of sulfonamides is 1. The summed E-state index contributed by atoms with van der Waals surface area (Å²) in [6, 6.07) is 7.63. The van der Waals surface area contributed by atoms with Crippen molar-refractivity contribution >= 4 is 10.0 Å². The predicted molar refractivity (Wildman–Crippen MR) is 77.9 cm³/mol. The Labute approximate surface area is 119 Å². The monoisotopic (exact) mass is 293 g/mol. The zero-order valence-corrected chi connectivity index (χ0v) is 12.7. The minimum atomic E-state index is -3.56. The molecule has 0 bridgehead atoms. The lowest BCUT2D eigenvalue weighted by Crippen LogP contribution is -2.28. The standard InChI is InChI=1S/C14H19N3O2S/c1-4-13(12-7-5-10(2)6-8-12)17-20(18,19)14-9-15-16-11(14)3/h5-9,13,17H,4H2,1-3H3,(H,15,16). The molecule has 20 heavy (non-hydrogen) atoms. The molecule has 108 valence electrons. The average molecular weight is 293 g/mol. The molecular weight excluding hydrogens is 274 g/mol. The van der Waals surface area contributed by atoms with Crippen LogP contribution in [0, 0.1) is 13.8 Å². The zero-order chi connectivity index (χ0) is 14.8. The van der Waals surface area contributed by atoms with E-state index in [9.17, 15) is 8.42 Å². The zero-order valence-electron chi connectivity index (χ0n) is 11.8. The van der Waals surface area contributed by atoms with Crippen molar-refractivity contribution in [3.63, 3.8) is 0 Å². The van der Waals surface area contributed by atoms with Gasteiger partial charge in [0.05, 0.1) is 11.9 Å². The molecule has 6 heteroatoms. The molecular formula is C14H19N3O2S. The van der Waals surface area contributed by atoms with Crippen LogP contribution in [0.1, 0.15) is 36.2 Å². The Morgan fingerprint density at radius 1 is 1.25 bits per heavy atom. The SMILES string of the molecule is CCC(NS(=O)(=O)c1cn[nH]c1C)c1ccc(C)cc1. The molecule has 0 aliphatic carbocycles. The molecule has 1 aromatic heterocycles. The molecule has 0 saturated carbocycles. The lowest BCUT2D eigenvalue weighted by atomic mass is 10.0. The van der Waals surface area contributed by atoms with Crippen molar-refractivity contribution < 1.29 is 8.42 Å². The van der Waals surface area contributed by atoms with Gasteiger partial charge in [-0.15, -0.1) is 0 Å². The molecule has 1 unspecified atom stereocenters. The predicted octanol–water partition coefficient (Wildman–Crippen LogP) is 2.46. The molecule has 0 fully saturated rings. The van der Waals surface area contributed by atoms with Crippen LogP contribution in [-0.2, 0) is 10.0 Å². The number of nitrogens with zero attached hydrogens (tertiary/aromatic N) is 1. The molecule has 1 aromatic carbocycles. The number of aromatic nitrogens is 2. The second-order valence-corrected chi connectivity index (χ2v) is 6.53. The molecule has 0 amide bonds. The van der Waals surface area contributed by atoms with Crippen LogP contribution in [0.4, 0.5) is 0 Å². The molecule has 2 aromatic rings. The quantitative estimate of drug-likeness (QED) is 0.889. The van der Waals surface area contributed by atoms with Gasteiger partial charge in [-0.25, -0.2) is 13.1 Å². The van der Waals surface area contributed by atoms with E-state index in [1.165, 1.54) is 6.20 Å². The van der Waals surface area contributed by atoms with Gasteiger partial charge in [-0.1, -0.05) is 36.8 Å². The molecule has 2 rings (SSSR count). The van der Waals surface area contributed by atoms with Gasteiger partial charge in [-0.05, 0) is 25.8 Å². The number of H-pyrrole nitrogens is 1. The Morgan fingerprint density at radius 2 is 1.90 bits per heavy atom. The summed E-state index contributed by atoms with van der Waals surface area (Å²) in [5, 5.41) is 6.41. The van der Waals surface area contributed by atoms with Crippen molar-refractivity contribution in [1.29, 1.82) is 0 Å². The van der Waals surface area contributed by atoms with E-state index < -0.39 is 10.0 Å². The van der Waals surface area contributed by atoms with Gasteiger partial charge < -0.3 is 0 Å². The number of benzene rings is 1. The lowest BCUT2D eigenvalue weighted by Gasteiger charge is -2.17. The van der Waals surface area contributed by atoms with Gasteiger partial charge in [-0.2, -0.15) is 5.10 Å². The molecule has 2 N–H and O–H groups in total. The minimum Gasteiger partial charge on any atom is -0.281 e. The van der Waals surface area contributed by atoms with Gasteiger partial charge in [-0.3, -0.25) is 5.10 Å². The van der Waals surface area contributed by atoms with E-state index in [4.69, 9.17) is 0 Å². The van der Waals surface area contributed by atoms with E-state index >= 15 is 0 Å². The summed E-state index contributed by atoms with van der Waals surface area (Å²) in [6.45, 7) is 5.65. The smallest absolute Gasteiger partial charge is 0.244 e. The summed E-state index contributed by atoms with van der Waals surface area (Å²) in [7, 11) is -3.56. The number of hydrogen-bond acceptors (Lipinski definition) is 3. The summed E-state index contributed by atoms with van der Waals surface area (Å²) in [5.74, 6) is 0. The highest BCUT2D eigenvalue weighted by atomic mass is 32.2. The van der Waals surface area contributed by atoms with E-state index in [1.54, 1.807) is 6.92 Å². The van der Waals surface area contributed by atoms with Crippen LogP contribution >= 0.6 is 0 Å². The van der Waals surface area contributed by atoms with Gasteiger partial charge in [0.1, 0.15) is 4.90 Å². The Bertz CT molecular complexity index is 675. The van der Waals surface area contributed by atoms with Crippen molar-refractivity contribution in [2.45, 2.75) is 38.1 Å². The second kappa shape index (κ2) is 5.76. The summed E-state index contributed by atoms with van der Waals surface area (Å²) < 4.78 is 27.4. The molecule has 1 atom stereocenters. The van der Waals surface area contributed by atoms with E-state index in [2.05, 4.69) is 14.9 Å². The topological polar surface area (TPSA) is 74.8 Å². The highest BCUT2D eigenvalue weighted by Crippen LogP contribution is 2.21. The Kier molecular flexibility index (Phi) is 4.25. The third-order valence-corrected chi connectivity index (χ3v) is 4.84. The number of aromatic amines is 1. The molecule has 5 nitrogen and oxygen atoms in total. The molecule has 0 saturated heterocycles. The van der Waals surface area contributed by atoms with Crippen LogP contribution in [-0.4, -0.2) is 18.6 Å². The fourth-order valence-corrected chi connectivity index (χ4v) is 3.49. The Morgan fingerprint density at radius 3 is 2.40 bits per heavy atom. The van der Waals surface area contributed by atoms with Crippen LogP contribution in [0.5, 0.6) is 0 Å². The van der Waals surface area contributed by atoms with Crippen LogP contribution < -0.4 is 4.72 Å². The van der Waals surface area contributed by atoms with Crippen molar-refractivity contribution in [1.82, 2.24) is 14.9 Å². The lowest BCUT2D eigenvalue weighted by molar-refractivity contribution is 0.549. The molecule has 1 heterocycles. The Balaban J connectivity index is 2.26. The summed E-state index contributed by atoms with van der Waals surface area (Å²) in [4.78, 5) is 0.197. The van der Waals surface area contributed by atoms with Crippen molar-refractivity contribution in [3.05, 3.63) is 47.3 Å². The van der Waals surface area contributed by atoms with Crippen molar-refractivity contribution in [2.24, 2.45) is 0 Å². The number of aryl methyl sites for hydroxylation is 2. The first kappa shape index (κ1) is 14.7. The van der Waals surface area contributed by atoms with Crippen LogP contribution in [0.25, 0.3) is 0 Å². The second-order valence-electron chi connectivity index (χ2n) is 4.85. The van der Waals surface area contributed by atoms with Crippen LogP contribution in [0.2, 0.25) is 0 Å². The maximum atomic E-state index is 12.4.